The van der Waals surface area contributed by atoms with Gasteiger partial charge in [-0.25, -0.2) is 9.78 Å². The summed E-state index contributed by atoms with van der Waals surface area (Å²) < 4.78 is 12.2. The molecule has 2 saturated heterocycles. The summed E-state index contributed by atoms with van der Waals surface area (Å²) in [6.45, 7) is 11.7. The monoisotopic (exact) mass is 654 g/mol. The van der Waals surface area contributed by atoms with Crippen LogP contribution < -0.4 is 14.8 Å². The Hall–Kier alpha value is -4.44. The number of aliphatic carboxylic acids is 1. The fraction of sp³-hybridized carbons (Fsp3) is 0.474. The van der Waals surface area contributed by atoms with Gasteiger partial charge in [0.05, 0.1) is 30.9 Å². The van der Waals surface area contributed by atoms with Crippen LogP contribution in [0.15, 0.2) is 67.3 Å². The predicted octanol–water partition coefficient (Wildman–Crippen LogP) is 5.30. The number of nitrogens with one attached hydrogen (secondary N) is 1. The van der Waals surface area contributed by atoms with Gasteiger partial charge in [-0.1, -0.05) is 63.6 Å². The number of rotatable bonds is 10. The SMILES string of the molecule is C=C[C@H]1C[C@]1(NC(=O)[C@@H]1C[C@@H](Oc2cc(-c3ccccc3)nc3cc(OC)ccc23)CN1C(=O)[C@@H](N1CCCCC1)C(C)(C)C)C(=O)O. The Morgan fingerprint density at radius 2 is 1.81 bits per heavy atom. The number of carboxylic acids is 1. The van der Waals surface area contributed by atoms with Crippen LogP contribution in [0.25, 0.3) is 22.2 Å². The molecule has 3 heterocycles. The molecule has 10 nitrogen and oxygen atoms in total. The zero-order valence-corrected chi connectivity index (χ0v) is 28.3. The van der Waals surface area contributed by atoms with Gasteiger partial charge in [0.2, 0.25) is 11.8 Å². The van der Waals surface area contributed by atoms with E-state index in [9.17, 15) is 19.5 Å². The van der Waals surface area contributed by atoms with Crippen molar-refractivity contribution in [3.8, 4) is 22.8 Å². The number of aromatic nitrogens is 1. The molecule has 0 bridgehead atoms. The van der Waals surface area contributed by atoms with Crippen LogP contribution in [-0.4, -0.2) is 88.1 Å². The molecule has 2 N–H and O–H groups in total. The van der Waals surface area contributed by atoms with Gasteiger partial charge in [0.25, 0.3) is 0 Å². The minimum absolute atomic E-state index is 0.134. The molecule has 2 aliphatic heterocycles. The van der Waals surface area contributed by atoms with E-state index in [1.165, 1.54) is 0 Å². The molecule has 0 radical (unpaired) electrons. The Labute approximate surface area is 282 Å². The number of fused-ring (bicyclic) bond motifs is 1. The van der Waals surface area contributed by atoms with E-state index in [1.807, 2.05) is 54.6 Å². The molecule has 5 atom stereocenters. The summed E-state index contributed by atoms with van der Waals surface area (Å²) in [5, 5.41) is 13.6. The lowest BCUT2D eigenvalue weighted by atomic mass is 9.83. The zero-order valence-electron chi connectivity index (χ0n) is 28.3. The maximum Gasteiger partial charge on any atom is 0.330 e. The van der Waals surface area contributed by atoms with Crippen LogP contribution in [0.3, 0.4) is 0 Å². The first kappa shape index (κ1) is 33.5. The maximum atomic E-state index is 14.7. The molecule has 3 aliphatic rings. The number of carbonyl (C=O) groups is 3. The minimum atomic E-state index is -1.41. The van der Waals surface area contributed by atoms with Crippen molar-refractivity contribution in [1.29, 1.82) is 0 Å². The van der Waals surface area contributed by atoms with Crippen molar-refractivity contribution in [2.24, 2.45) is 11.3 Å². The third-order valence-electron chi connectivity index (χ3n) is 10.0. The molecule has 1 aliphatic carbocycles. The molecule has 3 fully saturated rings. The number of ether oxygens (including phenoxy) is 2. The second-order valence-corrected chi connectivity index (χ2v) is 14.4. The molecule has 1 saturated carbocycles. The first-order valence-electron chi connectivity index (χ1n) is 16.9. The summed E-state index contributed by atoms with van der Waals surface area (Å²) in [7, 11) is 1.61. The topological polar surface area (TPSA) is 121 Å². The summed E-state index contributed by atoms with van der Waals surface area (Å²) in [6.07, 6.45) is 4.68. The Balaban J connectivity index is 1.35. The van der Waals surface area contributed by atoms with Crippen molar-refractivity contribution >= 4 is 28.7 Å². The molecular formula is C38H46N4O6. The smallest absolute Gasteiger partial charge is 0.330 e. The highest BCUT2D eigenvalue weighted by molar-refractivity contribution is 5.96. The highest BCUT2D eigenvalue weighted by Crippen LogP contribution is 2.45. The van der Waals surface area contributed by atoms with E-state index in [4.69, 9.17) is 14.5 Å². The number of hydrogen-bond donors (Lipinski definition) is 2. The predicted molar refractivity (Wildman–Crippen MR) is 184 cm³/mol. The lowest BCUT2D eigenvalue weighted by Crippen LogP contribution is -2.59. The minimum Gasteiger partial charge on any atom is -0.497 e. The van der Waals surface area contributed by atoms with E-state index in [-0.39, 0.29) is 31.2 Å². The average molecular weight is 655 g/mol. The lowest BCUT2D eigenvalue weighted by Gasteiger charge is -2.43. The molecular weight excluding hydrogens is 608 g/mol. The number of nitrogens with zero attached hydrogens (tertiary/aromatic N) is 3. The van der Waals surface area contributed by atoms with Gasteiger partial charge in [0, 0.05) is 35.4 Å². The number of methoxy groups -OCH3 is 1. The number of amides is 2. The van der Waals surface area contributed by atoms with E-state index in [2.05, 4.69) is 37.6 Å². The van der Waals surface area contributed by atoms with Crippen LogP contribution >= 0.6 is 0 Å². The number of piperidine rings is 1. The first-order valence-corrected chi connectivity index (χ1v) is 16.9. The summed E-state index contributed by atoms with van der Waals surface area (Å²) in [6, 6.07) is 16.0. The number of carboxylic acid groups (broad SMARTS) is 1. The number of pyridine rings is 1. The van der Waals surface area contributed by atoms with Crippen molar-refractivity contribution in [2.45, 2.75) is 76.6 Å². The highest BCUT2D eigenvalue weighted by Gasteiger charge is 2.61. The number of benzene rings is 2. The number of likely N-dealkylation sites (tertiary alicyclic amines) is 2. The highest BCUT2D eigenvalue weighted by atomic mass is 16.5. The van der Waals surface area contributed by atoms with E-state index in [0.717, 1.165) is 49.0 Å². The Bertz CT molecular complexity index is 1700. The summed E-state index contributed by atoms with van der Waals surface area (Å²) in [5.41, 5.74) is 0.524. The van der Waals surface area contributed by atoms with Crippen LogP contribution in [0.4, 0.5) is 0 Å². The number of hydrogen-bond acceptors (Lipinski definition) is 7. The van der Waals surface area contributed by atoms with Gasteiger partial charge in [-0.2, -0.15) is 0 Å². The first-order chi connectivity index (χ1) is 22.9. The Morgan fingerprint density at radius 1 is 1.08 bits per heavy atom. The Kier molecular flexibility index (Phi) is 9.22. The summed E-state index contributed by atoms with van der Waals surface area (Å²) in [4.78, 5) is 49.8. The second kappa shape index (κ2) is 13.2. The van der Waals surface area contributed by atoms with Gasteiger partial charge in [-0.3, -0.25) is 14.5 Å². The average Bonchev–Trinajstić information content (AvgIpc) is 3.64. The van der Waals surface area contributed by atoms with E-state index in [1.54, 1.807) is 18.1 Å². The van der Waals surface area contributed by atoms with Crippen molar-refractivity contribution in [2.75, 3.05) is 26.7 Å². The van der Waals surface area contributed by atoms with Crippen molar-refractivity contribution in [3.63, 3.8) is 0 Å². The second-order valence-electron chi connectivity index (χ2n) is 14.4. The maximum absolute atomic E-state index is 14.7. The van der Waals surface area contributed by atoms with E-state index >= 15 is 0 Å². The quantitative estimate of drug-likeness (QED) is 0.283. The molecule has 3 aromatic rings. The Morgan fingerprint density at radius 3 is 2.44 bits per heavy atom. The van der Waals surface area contributed by atoms with Crippen molar-refractivity contribution in [3.05, 3.63) is 67.3 Å². The molecule has 0 spiro atoms. The molecule has 6 rings (SSSR count). The van der Waals surface area contributed by atoms with E-state index < -0.39 is 41.0 Å². The molecule has 10 heteroatoms. The fourth-order valence-corrected chi connectivity index (χ4v) is 7.44. The lowest BCUT2D eigenvalue weighted by molar-refractivity contribution is -0.148. The molecule has 2 amide bonds. The van der Waals surface area contributed by atoms with Gasteiger partial charge >= 0.3 is 5.97 Å². The van der Waals surface area contributed by atoms with Crippen LogP contribution in [-0.2, 0) is 14.4 Å². The van der Waals surface area contributed by atoms with Gasteiger partial charge in [-0.05, 0) is 49.9 Å². The standard InChI is InChI=1S/C38H46N4O6/c1-6-25-22-38(25,36(45)46)40-34(43)31-20-27(23-42(31)35(44)33(37(2,3)4)41-17-11-8-12-18-41)48-32-21-29(24-13-9-7-10-14-24)39-30-19-26(47-5)15-16-28(30)32/h6-7,9-10,13-16,19,21,25,27,31,33H,1,8,11-12,17-18,20,22-23H2,2-5H3,(H,40,43)(H,45,46)/t25-,27+,31-,33+,38+/m0/s1. The largest absolute Gasteiger partial charge is 0.497 e. The zero-order chi connectivity index (χ0) is 34.2. The fourth-order valence-electron chi connectivity index (χ4n) is 7.44. The van der Waals surface area contributed by atoms with Gasteiger partial charge in [0.1, 0.15) is 29.2 Å². The van der Waals surface area contributed by atoms with Crippen molar-refractivity contribution < 1.29 is 29.0 Å². The normalized spacial score (nSPS) is 24.9. The van der Waals surface area contributed by atoms with Crippen LogP contribution in [0.1, 0.15) is 52.9 Å². The van der Waals surface area contributed by atoms with Crippen LogP contribution in [0.2, 0.25) is 0 Å². The van der Waals surface area contributed by atoms with E-state index in [0.29, 0.717) is 17.0 Å². The number of carbonyl (C=O) groups excluding carboxylic acids is 2. The molecule has 0 unspecified atom stereocenters. The molecule has 1 aromatic heterocycles. The van der Waals surface area contributed by atoms with Gasteiger partial charge in [-0.15, -0.1) is 6.58 Å². The van der Waals surface area contributed by atoms with Gasteiger partial charge in [0.15, 0.2) is 0 Å². The molecule has 48 heavy (non-hydrogen) atoms. The van der Waals surface area contributed by atoms with Crippen molar-refractivity contribution in [1.82, 2.24) is 20.1 Å². The molecule has 254 valence electrons. The van der Waals surface area contributed by atoms with Crippen LogP contribution in [0.5, 0.6) is 11.5 Å². The third-order valence-corrected chi connectivity index (χ3v) is 10.0. The third kappa shape index (κ3) is 6.50. The van der Waals surface area contributed by atoms with Crippen LogP contribution in [0, 0.1) is 11.3 Å². The summed E-state index contributed by atoms with van der Waals surface area (Å²) in [5.74, 6) is -0.843. The molecule has 2 aromatic carbocycles. The summed E-state index contributed by atoms with van der Waals surface area (Å²) >= 11 is 0. The van der Waals surface area contributed by atoms with Gasteiger partial charge < -0.3 is 24.8 Å².